The smallest absolute Gasteiger partial charge is 0.407 e. The lowest BCUT2D eigenvalue weighted by Crippen LogP contribution is -2.54. The van der Waals surface area contributed by atoms with Crippen LogP contribution in [-0.2, 0) is 60.8 Å². The van der Waals surface area contributed by atoms with Gasteiger partial charge in [-0.3, -0.25) is 24.0 Å². The fourth-order valence-corrected chi connectivity index (χ4v) is 8.76. The number of nitrogens with two attached hydrogens (primary N) is 1. The normalized spacial score (nSPS) is 12.8. The van der Waals surface area contributed by atoms with E-state index in [1.54, 1.807) is 43.7 Å². The number of rotatable bonds is 39. The maximum absolute atomic E-state index is 15.2. The van der Waals surface area contributed by atoms with Crippen molar-refractivity contribution >= 4 is 47.3 Å². The monoisotopic (exact) mass is 1210 g/mol. The SMILES string of the molecule is CCC(=O)NCCOCCOCCOCCOCCC(=O)NC(C(=O)NC(CCCNC(N)=O)C(=O)Nc1ccc(COC(=O)NC(CF)CCN(C(=O)CO)C(c2nc(-c3cc(F)ccc3F)cn2Cc2ccccc2)C(C)(C)C)cc1)C(C)C. The van der Waals surface area contributed by atoms with Crippen LogP contribution in [0, 0.1) is 23.0 Å². The van der Waals surface area contributed by atoms with Crippen LogP contribution in [0.25, 0.3) is 11.3 Å². The lowest BCUT2D eigenvalue weighted by Gasteiger charge is -2.40. The fraction of sp³-hybridized carbons (Fsp3) is 0.533. The minimum absolute atomic E-state index is 0.0359. The molecule has 23 nitrogen and oxygen atoms in total. The number of benzene rings is 3. The second kappa shape index (κ2) is 37.7. The van der Waals surface area contributed by atoms with Crippen molar-refractivity contribution in [3.8, 4) is 11.3 Å². The number of alkyl carbamates (subject to hydrolysis) is 1. The molecule has 4 atom stereocenters. The summed E-state index contributed by atoms with van der Waals surface area (Å²) in [7, 11) is 0. The molecule has 0 saturated heterocycles. The number of aliphatic hydroxyl groups is 1. The molecular formula is C60H85F3N10O13. The minimum atomic E-state index is -1.16. The van der Waals surface area contributed by atoms with E-state index in [9.17, 15) is 47.4 Å². The number of urea groups is 1. The summed E-state index contributed by atoms with van der Waals surface area (Å²) in [5.74, 6) is -3.93. The largest absolute Gasteiger partial charge is 0.445 e. The summed E-state index contributed by atoms with van der Waals surface area (Å²) in [4.78, 5) is 95.8. The molecule has 0 aliphatic rings. The van der Waals surface area contributed by atoms with Crippen LogP contribution in [0.1, 0.15) is 96.6 Å². The van der Waals surface area contributed by atoms with Crippen molar-refractivity contribution < 1.29 is 75.5 Å². The van der Waals surface area contributed by atoms with Crippen LogP contribution in [0.4, 0.5) is 28.4 Å². The highest BCUT2D eigenvalue weighted by Crippen LogP contribution is 2.40. The Morgan fingerprint density at radius 1 is 0.756 bits per heavy atom. The second-order valence-electron chi connectivity index (χ2n) is 21.5. The number of nitrogens with one attached hydrogen (secondary N) is 6. The van der Waals surface area contributed by atoms with Crippen LogP contribution in [-0.4, -0.2) is 165 Å². The average Bonchev–Trinajstić information content (AvgIpc) is 2.56. The van der Waals surface area contributed by atoms with Crippen molar-refractivity contribution in [2.24, 2.45) is 17.1 Å². The molecule has 0 radical (unpaired) electrons. The van der Waals surface area contributed by atoms with Crippen molar-refractivity contribution in [1.82, 2.24) is 41.0 Å². The quantitative estimate of drug-likeness (QED) is 0.0259. The molecule has 26 heteroatoms. The molecule has 86 heavy (non-hydrogen) atoms. The number of alkyl halides is 1. The van der Waals surface area contributed by atoms with Gasteiger partial charge in [-0.05, 0) is 72.1 Å². The van der Waals surface area contributed by atoms with Gasteiger partial charge in [-0.2, -0.15) is 0 Å². The molecule has 3 aromatic carbocycles. The van der Waals surface area contributed by atoms with E-state index in [2.05, 4.69) is 31.9 Å². The first kappa shape index (κ1) is 70.8. The summed E-state index contributed by atoms with van der Waals surface area (Å²) in [5.41, 5.74) is 6.06. The summed E-state index contributed by atoms with van der Waals surface area (Å²) >= 11 is 0. The highest BCUT2D eigenvalue weighted by atomic mass is 19.1. The van der Waals surface area contributed by atoms with E-state index in [-0.39, 0.29) is 94.8 Å². The fourth-order valence-electron chi connectivity index (χ4n) is 8.76. The molecule has 0 fully saturated rings. The molecule has 0 aliphatic carbocycles. The third-order valence-corrected chi connectivity index (χ3v) is 13.2. The minimum Gasteiger partial charge on any atom is -0.445 e. The van der Waals surface area contributed by atoms with Gasteiger partial charge >= 0.3 is 12.1 Å². The van der Waals surface area contributed by atoms with E-state index in [0.717, 1.165) is 23.8 Å². The number of halogens is 3. The molecule has 8 amide bonds. The Kier molecular flexibility index (Phi) is 31.1. The standard InChI is InChI=1S/C60H85F3N10O13/c1-7-50(75)65-24-27-83-29-31-85-33-32-84-30-28-82-26-22-51(76)71-53(40(2)3)57(79)70-48(14-11-23-66-58(64)80)56(78)67-44-18-15-42(16-19-44)39-86-59(81)68-45(35-61)21-25-73(52(77)38-74)54(60(4,5)6)55-69-49(46-34-43(62)17-20-47(46)63)37-72(55)36-41-12-9-8-10-13-41/h8-10,12-13,15-20,34,37,40,45,48,53-54,74H,7,11,14,21-33,35-36,38-39H2,1-6H3,(H,65,75)(H,67,78)(H,68,81)(H,70,79)(H,71,76)(H3,64,66,80). The molecule has 4 rings (SSSR count). The zero-order valence-corrected chi connectivity index (χ0v) is 49.9. The lowest BCUT2D eigenvalue weighted by molar-refractivity contribution is -0.140. The van der Waals surface area contributed by atoms with Gasteiger partial charge < -0.3 is 75.9 Å². The molecule has 0 spiro atoms. The van der Waals surface area contributed by atoms with E-state index < -0.39 is 90.3 Å². The topological polar surface area (TPSA) is 305 Å². The summed E-state index contributed by atoms with van der Waals surface area (Å²) in [6, 6.07) is 13.5. The summed E-state index contributed by atoms with van der Waals surface area (Å²) in [5, 5.41) is 26.1. The van der Waals surface area contributed by atoms with Gasteiger partial charge in [-0.1, -0.05) is 84.0 Å². The van der Waals surface area contributed by atoms with Crippen molar-refractivity contribution in [3.63, 3.8) is 0 Å². The Morgan fingerprint density at radius 3 is 2.01 bits per heavy atom. The van der Waals surface area contributed by atoms with Gasteiger partial charge in [0.15, 0.2) is 0 Å². The number of carbonyl (C=O) groups excluding carboxylic acids is 7. The number of hydrogen-bond acceptors (Lipinski definition) is 14. The highest BCUT2D eigenvalue weighted by Gasteiger charge is 2.39. The Balaban J connectivity index is 1.30. The number of anilines is 1. The Bertz CT molecular complexity index is 2750. The molecule has 0 bridgehead atoms. The van der Waals surface area contributed by atoms with Gasteiger partial charge in [-0.15, -0.1) is 0 Å². The number of amides is 8. The van der Waals surface area contributed by atoms with E-state index in [1.165, 1.54) is 17.0 Å². The zero-order chi connectivity index (χ0) is 63.0. The number of primary amides is 1. The number of ether oxygens (including phenoxy) is 5. The number of carbonyl (C=O) groups is 7. The van der Waals surface area contributed by atoms with E-state index in [1.807, 2.05) is 51.1 Å². The van der Waals surface area contributed by atoms with Gasteiger partial charge in [0, 0.05) is 56.5 Å². The molecule has 0 aliphatic heterocycles. The molecule has 4 aromatic rings. The Labute approximate surface area is 500 Å². The maximum Gasteiger partial charge on any atom is 0.407 e. The summed E-state index contributed by atoms with van der Waals surface area (Å²) in [6.07, 6.45) is 1.14. The van der Waals surface area contributed by atoms with Crippen molar-refractivity contribution in [1.29, 1.82) is 0 Å². The van der Waals surface area contributed by atoms with Crippen LogP contribution in [0.3, 0.4) is 0 Å². The van der Waals surface area contributed by atoms with Crippen LogP contribution in [0.15, 0.2) is 79.0 Å². The van der Waals surface area contributed by atoms with Crippen LogP contribution >= 0.6 is 0 Å². The van der Waals surface area contributed by atoms with Gasteiger partial charge in [0.25, 0.3) is 0 Å². The van der Waals surface area contributed by atoms with E-state index in [0.29, 0.717) is 63.1 Å². The summed E-state index contributed by atoms with van der Waals surface area (Å²) < 4.78 is 73.3. The predicted octanol–water partition coefficient (Wildman–Crippen LogP) is 5.43. The molecule has 1 heterocycles. The lowest BCUT2D eigenvalue weighted by atomic mass is 9.84. The molecule has 474 valence electrons. The Morgan fingerprint density at radius 2 is 1.41 bits per heavy atom. The van der Waals surface area contributed by atoms with Crippen molar-refractivity contribution in [2.45, 2.75) is 111 Å². The van der Waals surface area contributed by atoms with Crippen molar-refractivity contribution in [2.75, 3.05) is 91.1 Å². The zero-order valence-electron chi connectivity index (χ0n) is 49.9. The number of nitrogens with zero attached hydrogens (tertiary/aromatic N) is 3. The molecule has 1 aromatic heterocycles. The first-order chi connectivity index (χ1) is 41.1. The first-order valence-corrected chi connectivity index (χ1v) is 28.7. The predicted molar refractivity (Wildman–Crippen MR) is 314 cm³/mol. The first-order valence-electron chi connectivity index (χ1n) is 28.7. The second-order valence-corrected chi connectivity index (χ2v) is 21.5. The number of aliphatic hydroxyl groups excluding tert-OH is 1. The maximum atomic E-state index is 15.2. The Hall–Kier alpha value is -7.65. The highest BCUT2D eigenvalue weighted by molar-refractivity contribution is 5.98. The summed E-state index contributed by atoms with van der Waals surface area (Å²) in [6.45, 7) is 11.5. The van der Waals surface area contributed by atoms with Crippen LogP contribution in [0.2, 0.25) is 0 Å². The molecule has 0 saturated carbocycles. The van der Waals surface area contributed by atoms with Gasteiger partial charge in [0.1, 0.15) is 49.4 Å². The number of aromatic nitrogens is 2. The third kappa shape index (κ3) is 25.5. The number of hydrogen-bond donors (Lipinski definition) is 8. The molecule has 9 N–H and O–H groups in total. The van der Waals surface area contributed by atoms with Gasteiger partial charge in [0.05, 0.1) is 70.6 Å². The third-order valence-electron chi connectivity index (χ3n) is 13.2. The van der Waals surface area contributed by atoms with Crippen LogP contribution in [0.5, 0.6) is 0 Å². The molecule has 4 unspecified atom stereocenters. The van der Waals surface area contributed by atoms with E-state index >= 15 is 4.39 Å². The average molecular weight is 1210 g/mol. The van der Waals surface area contributed by atoms with Gasteiger partial charge in [0.2, 0.25) is 29.5 Å². The van der Waals surface area contributed by atoms with Gasteiger partial charge in [-0.25, -0.2) is 27.7 Å². The van der Waals surface area contributed by atoms with E-state index in [4.69, 9.17) is 34.4 Å². The molecular weight excluding hydrogens is 1130 g/mol. The number of imidazole rings is 1. The van der Waals surface area contributed by atoms with Crippen LogP contribution < -0.4 is 37.6 Å². The van der Waals surface area contributed by atoms with Crippen molar-refractivity contribution in [3.05, 3.63) is 108 Å².